The van der Waals surface area contributed by atoms with Crippen LogP contribution in [-0.2, 0) is 0 Å². The van der Waals surface area contributed by atoms with Gasteiger partial charge in [0.2, 0.25) is 0 Å². The van der Waals surface area contributed by atoms with Crippen molar-refractivity contribution in [3.05, 3.63) is 0 Å². The highest BCUT2D eigenvalue weighted by Gasteiger charge is 2.30. The number of nitrogens with zero attached hydrogens (tertiary/aromatic N) is 2. The molecule has 1 aliphatic carbocycles. The zero-order valence-electron chi connectivity index (χ0n) is 8.65. The number of hydrogen-bond acceptors (Lipinski definition) is 3. The van der Waals surface area contributed by atoms with Crippen LogP contribution < -0.4 is 5.73 Å². The molecule has 0 spiro atoms. The number of nitriles is 1. The minimum Gasteiger partial charge on any atom is -0.326 e. The molecule has 2 N–H and O–H groups in total. The molecule has 0 radical (unpaired) electrons. The Balaban J connectivity index is 1.80. The van der Waals surface area contributed by atoms with Gasteiger partial charge in [0.15, 0.2) is 0 Å². The van der Waals surface area contributed by atoms with E-state index in [1.807, 2.05) is 0 Å². The van der Waals surface area contributed by atoms with Crippen LogP contribution in [0.3, 0.4) is 0 Å². The second-order valence-corrected chi connectivity index (χ2v) is 4.73. The fourth-order valence-electron chi connectivity index (χ4n) is 2.44. The summed E-state index contributed by atoms with van der Waals surface area (Å²) in [4.78, 5) is 2.36. The smallest absolute Gasteiger partial charge is 0.0672 e. The van der Waals surface area contributed by atoms with Crippen LogP contribution in [0.15, 0.2) is 0 Å². The second-order valence-electron chi connectivity index (χ2n) is 4.73. The molecule has 1 unspecified atom stereocenters. The first-order valence-electron chi connectivity index (χ1n) is 5.67. The van der Waals surface area contributed by atoms with Crippen molar-refractivity contribution in [1.82, 2.24) is 4.90 Å². The maximum absolute atomic E-state index is 9.08. The van der Waals surface area contributed by atoms with Gasteiger partial charge in [0.25, 0.3) is 0 Å². The molecular formula is C11H19N3. The molecule has 0 aromatic rings. The van der Waals surface area contributed by atoms with Crippen molar-refractivity contribution in [1.29, 1.82) is 5.26 Å². The molecule has 14 heavy (non-hydrogen) atoms. The Morgan fingerprint density at radius 2 is 2.21 bits per heavy atom. The minimum absolute atomic E-state index is 0.258. The SMILES string of the molecule is N#CC(CN1CC[C@@H](N)C1)C1CCC1. The normalized spacial score (nSPS) is 31.0. The topological polar surface area (TPSA) is 53.0 Å². The Labute approximate surface area is 85.9 Å². The van der Waals surface area contributed by atoms with Crippen molar-refractivity contribution < 1.29 is 0 Å². The molecule has 0 amide bonds. The van der Waals surface area contributed by atoms with Crippen LogP contribution in [0.25, 0.3) is 0 Å². The van der Waals surface area contributed by atoms with Gasteiger partial charge < -0.3 is 10.6 Å². The average Bonchev–Trinajstić information content (AvgIpc) is 2.47. The molecule has 1 saturated carbocycles. The van der Waals surface area contributed by atoms with Gasteiger partial charge in [-0.3, -0.25) is 0 Å². The quantitative estimate of drug-likeness (QED) is 0.726. The van der Waals surface area contributed by atoms with Gasteiger partial charge in [0.1, 0.15) is 0 Å². The van der Waals surface area contributed by atoms with Crippen molar-refractivity contribution in [3.63, 3.8) is 0 Å². The predicted molar refractivity (Wildman–Crippen MR) is 55.5 cm³/mol. The summed E-state index contributed by atoms with van der Waals surface area (Å²) in [6.45, 7) is 3.03. The van der Waals surface area contributed by atoms with E-state index >= 15 is 0 Å². The second kappa shape index (κ2) is 4.29. The monoisotopic (exact) mass is 193 g/mol. The third-order valence-corrected chi connectivity index (χ3v) is 3.65. The lowest BCUT2D eigenvalue weighted by atomic mass is 9.76. The van der Waals surface area contributed by atoms with Gasteiger partial charge in [-0.15, -0.1) is 0 Å². The van der Waals surface area contributed by atoms with Crippen LogP contribution in [0.4, 0.5) is 0 Å². The summed E-state index contributed by atoms with van der Waals surface area (Å²) in [6.07, 6.45) is 4.95. The largest absolute Gasteiger partial charge is 0.326 e. The third-order valence-electron chi connectivity index (χ3n) is 3.65. The van der Waals surface area contributed by atoms with Gasteiger partial charge in [-0.25, -0.2) is 0 Å². The lowest BCUT2D eigenvalue weighted by Gasteiger charge is -2.31. The number of nitrogens with two attached hydrogens (primary N) is 1. The van der Waals surface area contributed by atoms with Crippen LogP contribution in [0.5, 0.6) is 0 Å². The van der Waals surface area contributed by atoms with E-state index in [1.54, 1.807) is 0 Å². The zero-order chi connectivity index (χ0) is 9.97. The van der Waals surface area contributed by atoms with Crippen LogP contribution in [-0.4, -0.2) is 30.6 Å². The van der Waals surface area contributed by atoms with Crippen molar-refractivity contribution in [2.75, 3.05) is 19.6 Å². The molecule has 0 aromatic heterocycles. The van der Waals surface area contributed by atoms with Gasteiger partial charge >= 0.3 is 0 Å². The Morgan fingerprint density at radius 1 is 1.43 bits per heavy atom. The summed E-state index contributed by atoms with van der Waals surface area (Å²) in [5.74, 6) is 0.936. The van der Waals surface area contributed by atoms with Crippen molar-refractivity contribution in [3.8, 4) is 6.07 Å². The summed E-state index contributed by atoms with van der Waals surface area (Å²) < 4.78 is 0. The average molecular weight is 193 g/mol. The first kappa shape index (κ1) is 9.95. The fraction of sp³-hybridized carbons (Fsp3) is 0.909. The summed E-state index contributed by atoms with van der Waals surface area (Å²) in [5.41, 5.74) is 5.84. The number of rotatable bonds is 3. The van der Waals surface area contributed by atoms with Gasteiger partial charge in [-0.2, -0.15) is 5.26 Å². The van der Waals surface area contributed by atoms with E-state index in [4.69, 9.17) is 11.0 Å². The molecule has 1 heterocycles. The molecule has 1 saturated heterocycles. The predicted octanol–water partition coefficient (Wildman–Crippen LogP) is 0.959. The summed E-state index contributed by atoms with van der Waals surface area (Å²) in [5, 5.41) is 9.08. The van der Waals surface area contributed by atoms with Gasteiger partial charge in [0, 0.05) is 19.1 Å². The van der Waals surface area contributed by atoms with E-state index in [0.717, 1.165) is 26.1 Å². The first-order chi connectivity index (χ1) is 6.79. The van der Waals surface area contributed by atoms with Crippen LogP contribution in [0.1, 0.15) is 25.7 Å². The Bertz CT molecular complexity index is 229. The van der Waals surface area contributed by atoms with Crippen molar-refractivity contribution in [2.45, 2.75) is 31.7 Å². The van der Waals surface area contributed by atoms with Crippen molar-refractivity contribution in [2.24, 2.45) is 17.6 Å². The Hall–Kier alpha value is -0.590. The highest BCUT2D eigenvalue weighted by molar-refractivity contribution is 4.94. The molecule has 3 nitrogen and oxygen atoms in total. The molecule has 2 fully saturated rings. The van der Waals surface area contributed by atoms with Crippen molar-refractivity contribution >= 4 is 0 Å². The highest BCUT2D eigenvalue weighted by atomic mass is 15.2. The highest BCUT2D eigenvalue weighted by Crippen LogP contribution is 2.33. The maximum atomic E-state index is 9.08. The maximum Gasteiger partial charge on any atom is 0.0672 e. The molecule has 0 bridgehead atoms. The molecule has 3 heteroatoms. The van der Waals surface area contributed by atoms with Gasteiger partial charge in [0.05, 0.1) is 12.0 Å². The molecule has 2 atom stereocenters. The van der Waals surface area contributed by atoms with Gasteiger partial charge in [-0.1, -0.05) is 6.42 Å². The van der Waals surface area contributed by atoms with E-state index in [-0.39, 0.29) is 5.92 Å². The summed E-state index contributed by atoms with van der Waals surface area (Å²) in [6, 6.07) is 2.81. The Morgan fingerprint density at radius 3 is 2.64 bits per heavy atom. The van der Waals surface area contributed by atoms with E-state index in [2.05, 4.69) is 11.0 Å². The minimum atomic E-state index is 0.258. The molecular weight excluding hydrogens is 174 g/mol. The number of likely N-dealkylation sites (tertiary alicyclic amines) is 1. The fourth-order valence-corrected chi connectivity index (χ4v) is 2.44. The zero-order valence-corrected chi connectivity index (χ0v) is 8.65. The van der Waals surface area contributed by atoms with Crippen LogP contribution >= 0.6 is 0 Å². The molecule has 1 aliphatic heterocycles. The first-order valence-corrected chi connectivity index (χ1v) is 5.67. The lowest BCUT2D eigenvalue weighted by Crippen LogP contribution is -2.34. The summed E-state index contributed by atoms with van der Waals surface area (Å²) in [7, 11) is 0. The summed E-state index contributed by atoms with van der Waals surface area (Å²) >= 11 is 0. The molecule has 2 rings (SSSR count). The molecule has 78 valence electrons. The van der Waals surface area contributed by atoms with E-state index in [9.17, 15) is 0 Å². The third kappa shape index (κ3) is 2.08. The van der Waals surface area contributed by atoms with Crippen LogP contribution in [0, 0.1) is 23.2 Å². The lowest BCUT2D eigenvalue weighted by molar-refractivity contribution is 0.190. The number of hydrogen-bond donors (Lipinski definition) is 1. The van der Waals surface area contributed by atoms with E-state index in [1.165, 1.54) is 19.3 Å². The standard InChI is InChI=1S/C11H19N3/c12-6-10(9-2-1-3-9)7-14-5-4-11(13)8-14/h9-11H,1-5,7-8,13H2/t10?,11-/m1/s1. The Kier molecular flexibility index (Phi) is 3.05. The van der Waals surface area contributed by atoms with E-state index in [0.29, 0.717) is 12.0 Å². The molecule has 2 aliphatic rings. The van der Waals surface area contributed by atoms with Crippen LogP contribution in [0.2, 0.25) is 0 Å². The van der Waals surface area contributed by atoms with E-state index < -0.39 is 0 Å². The molecule has 0 aromatic carbocycles. The van der Waals surface area contributed by atoms with Gasteiger partial charge in [-0.05, 0) is 31.7 Å².